The molecule has 0 aliphatic heterocycles. The highest BCUT2D eigenvalue weighted by atomic mass is 16.5. The molecule has 0 aliphatic rings. The van der Waals surface area contributed by atoms with Crippen LogP contribution in [0, 0.1) is 0 Å². The van der Waals surface area contributed by atoms with Crippen molar-refractivity contribution in [2.45, 2.75) is 26.4 Å². The normalized spacial score (nSPS) is 10.1. The van der Waals surface area contributed by atoms with Crippen LogP contribution >= 0.6 is 0 Å². The van der Waals surface area contributed by atoms with Gasteiger partial charge in [-0.25, -0.2) is 0 Å². The van der Waals surface area contributed by atoms with Crippen LogP contribution in [0.1, 0.15) is 25.3 Å². The summed E-state index contributed by atoms with van der Waals surface area (Å²) >= 11 is 0. The molecule has 4 heteroatoms. The molecule has 0 bridgehead atoms. The molecule has 4 nitrogen and oxygen atoms in total. The molecule has 0 radical (unpaired) electrons. The number of benzene rings is 1. The van der Waals surface area contributed by atoms with Crippen LogP contribution in [0.15, 0.2) is 24.3 Å². The van der Waals surface area contributed by atoms with Gasteiger partial charge in [0.2, 0.25) is 0 Å². The Hall–Kier alpha value is -1.55. The molecule has 0 saturated carbocycles. The lowest BCUT2D eigenvalue weighted by Gasteiger charge is -2.09. The minimum atomic E-state index is -0.208. The Labute approximate surface area is 108 Å². The lowest BCUT2D eigenvalue weighted by atomic mass is 10.2. The maximum absolute atomic E-state index is 11.5. The predicted octanol–water partition coefficient (Wildman–Crippen LogP) is 2.56. The highest BCUT2D eigenvalue weighted by Crippen LogP contribution is 2.18. The zero-order chi connectivity index (χ0) is 13.2. The summed E-state index contributed by atoms with van der Waals surface area (Å²) in [7, 11) is 1.60. The Kier molecular flexibility index (Phi) is 6.87. The van der Waals surface area contributed by atoms with E-state index in [-0.39, 0.29) is 12.6 Å². The van der Waals surface area contributed by atoms with Crippen molar-refractivity contribution < 1.29 is 19.0 Å². The minimum absolute atomic E-state index is 0.208. The van der Waals surface area contributed by atoms with E-state index in [9.17, 15) is 4.79 Å². The fraction of sp³-hybridized carbons (Fsp3) is 0.500. The number of carbonyl (C=O) groups excluding carboxylic acids is 1. The predicted molar refractivity (Wildman–Crippen MR) is 68.5 cm³/mol. The van der Waals surface area contributed by atoms with E-state index in [1.165, 1.54) is 0 Å². The molecule has 0 aromatic heterocycles. The SMILES string of the molecule is CCOCCCC(=O)OCc1ccccc1OC. The van der Waals surface area contributed by atoms with Gasteiger partial charge in [0.05, 0.1) is 7.11 Å². The second kappa shape index (κ2) is 8.53. The highest BCUT2D eigenvalue weighted by Gasteiger charge is 2.06. The summed E-state index contributed by atoms with van der Waals surface area (Å²) in [6.45, 7) is 3.45. The fourth-order valence-corrected chi connectivity index (χ4v) is 1.52. The van der Waals surface area contributed by atoms with Crippen LogP contribution < -0.4 is 4.74 Å². The van der Waals surface area contributed by atoms with Crippen molar-refractivity contribution in [3.8, 4) is 5.75 Å². The summed E-state index contributed by atoms with van der Waals surface area (Å²) in [6.07, 6.45) is 1.08. The van der Waals surface area contributed by atoms with Crippen molar-refractivity contribution in [1.29, 1.82) is 0 Å². The first-order valence-corrected chi connectivity index (χ1v) is 6.13. The third kappa shape index (κ3) is 5.19. The summed E-state index contributed by atoms with van der Waals surface area (Å²) < 4.78 is 15.5. The Bertz CT molecular complexity index is 363. The van der Waals surface area contributed by atoms with Gasteiger partial charge < -0.3 is 14.2 Å². The molecular formula is C14H20O4. The molecular weight excluding hydrogens is 232 g/mol. The number of rotatable bonds is 8. The van der Waals surface area contributed by atoms with E-state index in [0.29, 0.717) is 26.1 Å². The van der Waals surface area contributed by atoms with Crippen molar-refractivity contribution in [1.82, 2.24) is 0 Å². The van der Waals surface area contributed by atoms with Gasteiger partial charge in [-0.15, -0.1) is 0 Å². The molecule has 0 atom stereocenters. The van der Waals surface area contributed by atoms with Gasteiger partial charge in [0, 0.05) is 25.2 Å². The quantitative estimate of drug-likeness (QED) is 0.527. The van der Waals surface area contributed by atoms with E-state index in [1.807, 2.05) is 31.2 Å². The molecule has 0 N–H and O–H groups in total. The second-order valence-corrected chi connectivity index (χ2v) is 3.77. The zero-order valence-electron chi connectivity index (χ0n) is 11.0. The lowest BCUT2D eigenvalue weighted by molar-refractivity contribution is -0.145. The first kappa shape index (κ1) is 14.5. The molecule has 0 heterocycles. The molecule has 0 unspecified atom stereocenters. The number of methoxy groups -OCH3 is 1. The van der Waals surface area contributed by atoms with E-state index in [1.54, 1.807) is 7.11 Å². The summed E-state index contributed by atoms with van der Waals surface area (Å²) in [4.78, 5) is 11.5. The first-order valence-electron chi connectivity index (χ1n) is 6.13. The van der Waals surface area contributed by atoms with Gasteiger partial charge in [-0.05, 0) is 19.4 Å². The van der Waals surface area contributed by atoms with Crippen LogP contribution in [0.3, 0.4) is 0 Å². The molecule has 18 heavy (non-hydrogen) atoms. The summed E-state index contributed by atoms with van der Waals surface area (Å²) in [5.41, 5.74) is 0.873. The van der Waals surface area contributed by atoms with Crippen LogP contribution in [0.2, 0.25) is 0 Å². The number of carbonyl (C=O) groups is 1. The second-order valence-electron chi connectivity index (χ2n) is 3.77. The van der Waals surface area contributed by atoms with Gasteiger partial charge >= 0.3 is 5.97 Å². The van der Waals surface area contributed by atoms with Gasteiger partial charge in [-0.1, -0.05) is 18.2 Å². The molecule has 0 spiro atoms. The molecule has 0 saturated heterocycles. The Morgan fingerprint density at radius 3 is 2.78 bits per heavy atom. The van der Waals surface area contributed by atoms with Crippen LogP contribution in [0.5, 0.6) is 5.75 Å². The molecule has 1 aromatic carbocycles. The average molecular weight is 252 g/mol. The minimum Gasteiger partial charge on any atom is -0.496 e. The van der Waals surface area contributed by atoms with Gasteiger partial charge in [0.25, 0.3) is 0 Å². The van der Waals surface area contributed by atoms with Gasteiger partial charge in [-0.3, -0.25) is 4.79 Å². The number of ether oxygens (including phenoxy) is 3. The number of esters is 1. The van der Waals surface area contributed by atoms with Gasteiger partial charge in [-0.2, -0.15) is 0 Å². The third-order valence-electron chi connectivity index (χ3n) is 2.45. The monoisotopic (exact) mass is 252 g/mol. The van der Waals surface area contributed by atoms with E-state index < -0.39 is 0 Å². The molecule has 100 valence electrons. The zero-order valence-corrected chi connectivity index (χ0v) is 11.0. The molecule has 0 fully saturated rings. The van der Waals surface area contributed by atoms with E-state index >= 15 is 0 Å². The summed E-state index contributed by atoms with van der Waals surface area (Å²) in [5.74, 6) is 0.528. The topological polar surface area (TPSA) is 44.8 Å². The van der Waals surface area contributed by atoms with Gasteiger partial charge in [0.1, 0.15) is 12.4 Å². The third-order valence-corrected chi connectivity index (χ3v) is 2.45. The van der Waals surface area contributed by atoms with Crippen molar-refractivity contribution in [2.24, 2.45) is 0 Å². The maximum atomic E-state index is 11.5. The van der Waals surface area contributed by atoms with Crippen LogP contribution in [0.25, 0.3) is 0 Å². The Balaban J connectivity index is 2.29. The van der Waals surface area contributed by atoms with E-state index in [2.05, 4.69) is 0 Å². The van der Waals surface area contributed by atoms with Crippen LogP contribution in [0.4, 0.5) is 0 Å². The Morgan fingerprint density at radius 1 is 1.28 bits per heavy atom. The molecule has 0 aliphatic carbocycles. The van der Waals surface area contributed by atoms with Crippen molar-refractivity contribution in [2.75, 3.05) is 20.3 Å². The highest BCUT2D eigenvalue weighted by molar-refractivity contribution is 5.69. The smallest absolute Gasteiger partial charge is 0.306 e. The average Bonchev–Trinajstić information content (AvgIpc) is 2.41. The van der Waals surface area contributed by atoms with Crippen molar-refractivity contribution in [3.05, 3.63) is 29.8 Å². The first-order chi connectivity index (χ1) is 8.77. The Morgan fingerprint density at radius 2 is 2.06 bits per heavy atom. The number of para-hydroxylation sites is 1. The van der Waals surface area contributed by atoms with E-state index in [0.717, 1.165) is 11.3 Å². The standard InChI is InChI=1S/C14H20O4/c1-3-17-10-6-9-14(15)18-11-12-7-4-5-8-13(12)16-2/h4-5,7-8H,3,6,9-11H2,1-2H3. The maximum Gasteiger partial charge on any atom is 0.306 e. The van der Waals surface area contributed by atoms with Crippen molar-refractivity contribution >= 4 is 5.97 Å². The number of hydrogen-bond acceptors (Lipinski definition) is 4. The molecule has 1 rings (SSSR count). The number of hydrogen-bond donors (Lipinski definition) is 0. The van der Waals surface area contributed by atoms with E-state index in [4.69, 9.17) is 14.2 Å². The van der Waals surface area contributed by atoms with Crippen LogP contribution in [-0.4, -0.2) is 26.3 Å². The molecule has 0 amide bonds. The molecule has 1 aromatic rings. The summed E-state index contributed by atoms with van der Waals surface area (Å²) in [6, 6.07) is 7.50. The van der Waals surface area contributed by atoms with Gasteiger partial charge in [0.15, 0.2) is 0 Å². The fourth-order valence-electron chi connectivity index (χ4n) is 1.52. The van der Waals surface area contributed by atoms with Crippen LogP contribution in [-0.2, 0) is 20.9 Å². The summed E-state index contributed by atoms with van der Waals surface area (Å²) in [5, 5.41) is 0. The largest absolute Gasteiger partial charge is 0.496 e. The lowest BCUT2D eigenvalue weighted by Crippen LogP contribution is -2.07. The van der Waals surface area contributed by atoms with Crippen molar-refractivity contribution in [3.63, 3.8) is 0 Å².